The van der Waals surface area contributed by atoms with Crippen molar-refractivity contribution in [1.29, 1.82) is 0 Å². The number of aromatic hydroxyl groups is 1. The van der Waals surface area contributed by atoms with Crippen molar-refractivity contribution < 1.29 is 14.8 Å². The third kappa shape index (κ3) is 5.70. The Morgan fingerprint density at radius 1 is 1.15 bits per heavy atom. The predicted octanol–water partition coefficient (Wildman–Crippen LogP) is 3.27. The van der Waals surface area contributed by atoms with Gasteiger partial charge in [-0.3, -0.25) is 10.1 Å². The number of hydrogen-bond acceptors (Lipinski definition) is 11. The lowest BCUT2D eigenvalue weighted by molar-refractivity contribution is -0.385. The van der Waals surface area contributed by atoms with Gasteiger partial charge < -0.3 is 20.1 Å². The maximum absolute atomic E-state index is 11.1. The predicted molar refractivity (Wildman–Crippen MR) is 126 cm³/mol. The molecule has 1 aliphatic heterocycles. The van der Waals surface area contributed by atoms with Gasteiger partial charge in [-0.1, -0.05) is 18.2 Å². The normalized spacial score (nSPS) is 13.8. The number of benzene rings is 2. The molecule has 1 fully saturated rings. The molecule has 2 heterocycles. The largest absolute Gasteiger partial charge is 0.506 e. The van der Waals surface area contributed by atoms with Crippen molar-refractivity contribution in [3.8, 4) is 5.75 Å². The van der Waals surface area contributed by atoms with Crippen LogP contribution in [0.1, 0.15) is 5.56 Å². The van der Waals surface area contributed by atoms with Crippen molar-refractivity contribution in [2.45, 2.75) is 0 Å². The number of hydrogen-bond donors (Lipinski definition) is 3. The maximum Gasteiger partial charge on any atom is 0.271 e. The third-order valence-electron chi connectivity index (χ3n) is 4.60. The fraction of sp³-hybridized carbons (Fsp3) is 0.200. The van der Waals surface area contributed by atoms with Gasteiger partial charge in [-0.25, -0.2) is 5.43 Å². The molecule has 0 spiro atoms. The summed E-state index contributed by atoms with van der Waals surface area (Å²) >= 11 is 3.10. The van der Waals surface area contributed by atoms with Crippen LogP contribution >= 0.6 is 15.9 Å². The molecule has 0 bridgehead atoms. The van der Waals surface area contributed by atoms with Crippen LogP contribution in [0.2, 0.25) is 0 Å². The molecule has 0 atom stereocenters. The van der Waals surface area contributed by atoms with Crippen LogP contribution in [0.5, 0.6) is 5.75 Å². The summed E-state index contributed by atoms with van der Waals surface area (Å²) in [6.45, 7) is 2.39. The van der Waals surface area contributed by atoms with Crippen LogP contribution in [-0.4, -0.2) is 57.5 Å². The number of nitro groups is 1. The number of rotatable bonds is 7. The van der Waals surface area contributed by atoms with Crippen LogP contribution in [-0.2, 0) is 4.74 Å². The Bertz CT molecular complexity index is 1170. The molecule has 13 heteroatoms. The second-order valence-corrected chi connectivity index (χ2v) is 7.72. The molecule has 3 aromatic rings. The average Bonchev–Trinajstić information content (AvgIpc) is 2.82. The van der Waals surface area contributed by atoms with Crippen molar-refractivity contribution in [3.05, 3.63) is 62.6 Å². The summed E-state index contributed by atoms with van der Waals surface area (Å²) in [7, 11) is 0. The quantitative estimate of drug-likeness (QED) is 0.243. The Balaban J connectivity index is 1.60. The van der Waals surface area contributed by atoms with E-state index in [1.165, 1.54) is 18.3 Å². The van der Waals surface area contributed by atoms with Crippen molar-refractivity contribution in [3.63, 3.8) is 0 Å². The molecule has 1 saturated heterocycles. The molecule has 0 unspecified atom stereocenters. The number of para-hydroxylation sites is 1. The number of nitro benzene ring substituents is 1. The van der Waals surface area contributed by atoms with Gasteiger partial charge in [0.2, 0.25) is 17.8 Å². The molecule has 0 aliphatic carbocycles. The van der Waals surface area contributed by atoms with Crippen molar-refractivity contribution in [2.75, 3.05) is 41.9 Å². The van der Waals surface area contributed by atoms with E-state index >= 15 is 0 Å². The number of hydrazone groups is 1. The van der Waals surface area contributed by atoms with E-state index in [-0.39, 0.29) is 27.4 Å². The van der Waals surface area contributed by atoms with E-state index in [1.807, 2.05) is 35.2 Å². The van der Waals surface area contributed by atoms with E-state index in [9.17, 15) is 15.2 Å². The number of non-ortho nitro benzene ring substituents is 1. The molecule has 0 saturated carbocycles. The Morgan fingerprint density at radius 2 is 1.88 bits per heavy atom. The molecule has 0 radical (unpaired) electrons. The van der Waals surface area contributed by atoms with Crippen LogP contribution in [0.15, 0.2) is 52.0 Å². The van der Waals surface area contributed by atoms with Crippen LogP contribution < -0.4 is 15.6 Å². The number of halogens is 1. The minimum absolute atomic E-state index is 0.147. The Hall–Kier alpha value is -3.84. The maximum atomic E-state index is 11.1. The molecule has 2 aromatic carbocycles. The fourth-order valence-corrected chi connectivity index (χ4v) is 3.46. The monoisotopic (exact) mass is 514 g/mol. The number of morpholine rings is 1. The number of ether oxygens (including phenoxy) is 1. The topological polar surface area (TPSA) is 151 Å². The summed E-state index contributed by atoms with van der Waals surface area (Å²) in [6.07, 6.45) is 1.25. The number of phenols is 1. The first kappa shape index (κ1) is 22.4. The van der Waals surface area contributed by atoms with Crippen molar-refractivity contribution >= 4 is 51.4 Å². The van der Waals surface area contributed by atoms with Gasteiger partial charge in [-0.05, 0) is 28.1 Å². The number of anilines is 4. The van der Waals surface area contributed by atoms with E-state index in [1.54, 1.807) is 0 Å². The zero-order valence-electron chi connectivity index (χ0n) is 17.2. The average molecular weight is 515 g/mol. The van der Waals surface area contributed by atoms with E-state index in [0.717, 1.165) is 5.69 Å². The highest BCUT2D eigenvalue weighted by molar-refractivity contribution is 9.10. The Labute approximate surface area is 196 Å². The van der Waals surface area contributed by atoms with Crippen LogP contribution in [0.3, 0.4) is 0 Å². The standard InChI is InChI=1S/C20H19BrN8O4/c21-16-11-15(29(31)32)10-13(17(16)30)12-22-27-19-24-18(23-14-4-2-1-3-5-14)25-20(26-19)28-6-8-33-9-7-28/h1-5,10-12,30H,6-9H2,(H2,23,24,25,26,27)/b22-12+. The van der Waals surface area contributed by atoms with Gasteiger partial charge in [-0.2, -0.15) is 20.1 Å². The summed E-state index contributed by atoms with van der Waals surface area (Å²) in [5.74, 6) is 0.745. The SMILES string of the molecule is O=[N+]([O-])c1cc(Br)c(O)c(/C=N/Nc2nc(Nc3ccccc3)nc(N3CCOCC3)n2)c1. The highest BCUT2D eigenvalue weighted by Crippen LogP contribution is 2.31. The first-order valence-electron chi connectivity index (χ1n) is 9.86. The van der Waals surface area contributed by atoms with Gasteiger partial charge in [0.05, 0.1) is 28.8 Å². The van der Waals surface area contributed by atoms with E-state index < -0.39 is 4.92 Å². The molecule has 170 valence electrons. The summed E-state index contributed by atoms with van der Waals surface area (Å²) in [6, 6.07) is 11.9. The number of nitrogens with zero attached hydrogens (tertiary/aromatic N) is 6. The Morgan fingerprint density at radius 3 is 2.61 bits per heavy atom. The van der Waals surface area contributed by atoms with Gasteiger partial charge in [0.15, 0.2) is 0 Å². The molecule has 1 aliphatic rings. The highest BCUT2D eigenvalue weighted by Gasteiger charge is 2.17. The van der Waals surface area contributed by atoms with E-state index in [0.29, 0.717) is 38.2 Å². The smallest absolute Gasteiger partial charge is 0.271 e. The molecular weight excluding hydrogens is 496 g/mol. The summed E-state index contributed by atoms with van der Waals surface area (Å²) < 4.78 is 5.58. The summed E-state index contributed by atoms with van der Waals surface area (Å²) in [5.41, 5.74) is 3.47. The molecule has 1 aromatic heterocycles. The van der Waals surface area contributed by atoms with Gasteiger partial charge in [0, 0.05) is 36.5 Å². The highest BCUT2D eigenvalue weighted by atomic mass is 79.9. The zero-order chi connectivity index (χ0) is 23.2. The zero-order valence-corrected chi connectivity index (χ0v) is 18.8. The molecule has 4 rings (SSSR count). The number of aromatic nitrogens is 3. The first-order chi connectivity index (χ1) is 16.0. The molecule has 12 nitrogen and oxygen atoms in total. The van der Waals surface area contributed by atoms with Crippen molar-refractivity contribution in [1.82, 2.24) is 15.0 Å². The molecular formula is C20H19BrN8O4. The molecule has 0 amide bonds. The third-order valence-corrected chi connectivity index (χ3v) is 5.21. The summed E-state index contributed by atoms with van der Waals surface area (Å²) in [4.78, 5) is 25.8. The minimum atomic E-state index is -0.558. The molecule has 3 N–H and O–H groups in total. The fourth-order valence-electron chi connectivity index (χ4n) is 2.99. The lowest BCUT2D eigenvalue weighted by atomic mass is 10.2. The lowest BCUT2D eigenvalue weighted by Crippen LogP contribution is -2.37. The first-order valence-corrected chi connectivity index (χ1v) is 10.7. The van der Waals surface area contributed by atoms with Gasteiger partial charge in [0.1, 0.15) is 5.75 Å². The second kappa shape index (κ2) is 10.2. The van der Waals surface area contributed by atoms with Gasteiger partial charge in [0.25, 0.3) is 5.69 Å². The van der Waals surface area contributed by atoms with Crippen LogP contribution in [0.4, 0.5) is 29.2 Å². The number of nitrogens with one attached hydrogen (secondary N) is 2. The lowest BCUT2D eigenvalue weighted by Gasteiger charge is -2.27. The van der Waals surface area contributed by atoms with E-state index in [4.69, 9.17) is 4.74 Å². The molecule has 33 heavy (non-hydrogen) atoms. The van der Waals surface area contributed by atoms with Crippen molar-refractivity contribution in [2.24, 2.45) is 5.10 Å². The minimum Gasteiger partial charge on any atom is -0.506 e. The van der Waals surface area contributed by atoms with Gasteiger partial charge in [-0.15, -0.1) is 0 Å². The summed E-state index contributed by atoms with van der Waals surface area (Å²) in [5, 5.41) is 28.4. The van der Waals surface area contributed by atoms with Gasteiger partial charge >= 0.3 is 0 Å². The van der Waals surface area contributed by atoms with Crippen LogP contribution in [0.25, 0.3) is 0 Å². The van der Waals surface area contributed by atoms with Crippen LogP contribution in [0, 0.1) is 10.1 Å². The second-order valence-electron chi connectivity index (χ2n) is 6.87. The Kier molecular flexibility index (Phi) is 6.90. The van der Waals surface area contributed by atoms with E-state index in [2.05, 4.69) is 46.7 Å². The number of phenolic OH excluding ortho intramolecular Hbond substituents is 1.